The van der Waals surface area contributed by atoms with E-state index in [2.05, 4.69) is 4.72 Å². The SMILES string of the molecule is COc1ccc(CCC(C)NS(=O)(=O)c2ccc(S(=O)(=O)N3CCCC3)cc2)cc1. The summed E-state index contributed by atoms with van der Waals surface area (Å²) in [6.07, 6.45) is 3.06. The van der Waals surface area contributed by atoms with Gasteiger partial charge in [-0.3, -0.25) is 0 Å². The highest BCUT2D eigenvalue weighted by Crippen LogP contribution is 2.22. The number of benzene rings is 2. The lowest BCUT2D eigenvalue weighted by Gasteiger charge is -2.17. The summed E-state index contributed by atoms with van der Waals surface area (Å²) in [5.41, 5.74) is 1.10. The summed E-state index contributed by atoms with van der Waals surface area (Å²) in [6.45, 7) is 2.83. The maximum atomic E-state index is 12.7. The molecule has 1 atom stereocenters. The largest absolute Gasteiger partial charge is 0.497 e. The molecule has 30 heavy (non-hydrogen) atoms. The third kappa shape index (κ3) is 5.40. The highest BCUT2D eigenvalue weighted by atomic mass is 32.2. The highest BCUT2D eigenvalue weighted by molar-refractivity contribution is 7.89. The Bertz CT molecular complexity index is 1040. The van der Waals surface area contributed by atoms with Crippen molar-refractivity contribution in [3.63, 3.8) is 0 Å². The zero-order chi connectivity index (χ0) is 21.8. The van der Waals surface area contributed by atoms with Crippen LogP contribution in [0.25, 0.3) is 0 Å². The predicted octanol–water partition coefficient (Wildman–Crippen LogP) is 2.78. The molecule has 1 unspecified atom stereocenters. The van der Waals surface area contributed by atoms with Crippen LogP contribution in [0, 0.1) is 0 Å². The van der Waals surface area contributed by atoms with Gasteiger partial charge in [0.2, 0.25) is 20.0 Å². The molecule has 1 aliphatic heterocycles. The predicted molar refractivity (Wildman–Crippen MR) is 116 cm³/mol. The topological polar surface area (TPSA) is 92.8 Å². The third-order valence-corrected chi connectivity index (χ3v) is 8.74. The van der Waals surface area contributed by atoms with E-state index in [4.69, 9.17) is 4.74 Å². The molecule has 0 aliphatic carbocycles. The van der Waals surface area contributed by atoms with Crippen LogP contribution in [-0.2, 0) is 26.5 Å². The normalized spacial score (nSPS) is 16.5. The van der Waals surface area contributed by atoms with Gasteiger partial charge in [0.1, 0.15) is 5.75 Å². The van der Waals surface area contributed by atoms with Crippen molar-refractivity contribution < 1.29 is 21.6 Å². The van der Waals surface area contributed by atoms with Crippen LogP contribution in [0.2, 0.25) is 0 Å². The van der Waals surface area contributed by atoms with E-state index in [9.17, 15) is 16.8 Å². The molecule has 0 saturated carbocycles. The van der Waals surface area contributed by atoms with Crippen molar-refractivity contribution in [2.75, 3.05) is 20.2 Å². The van der Waals surface area contributed by atoms with Crippen molar-refractivity contribution in [1.29, 1.82) is 0 Å². The molecular formula is C21H28N2O5S2. The van der Waals surface area contributed by atoms with E-state index >= 15 is 0 Å². The van der Waals surface area contributed by atoms with Crippen molar-refractivity contribution in [3.05, 3.63) is 54.1 Å². The molecule has 1 N–H and O–H groups in total. The molecule has 0 amide bonds. The summed E-state index contributed by atoms with van der Waals surface area (Å²) < 4.78 is 59.7. The van der Waals surface area contributed by atoms with Gasteiger partial charge in [-0.2, -0.15) is 4.31 Å². The summed E-state index contributed by atoms with van der Waals surface area (Å²) in [5, 5.41) is 0. The smallest absolute Gasteiger partial charge is 0.243 e. The van der Waals surface area contributed by atoms with E-state index < -0.39 is 20.0 Å². The summed E-state index contributed by atoms with van der Waals surface area (Å²) in [5.74, 6) is 0.780. The Morgan fingerprint density at radius 1 is 0.933 bits per heavy atom. The van der Waals surface area contributed by atoms with Crippen LogP contribution in [0.1, 0.15) is 31.7 Å². The molecule has 1 saturated heterocycles. The molecule has 7 nitrogen and oxygen atoms in total. The van der Waals surface area contributed by atoms with Gasteiger partial charge in [-0.15, -0.1) is 0 Å². The lowest BCUT2D eigenvalue weighted by atomic mass is 10.1. The van der Waals surface area contributed by atoms with Gasteiger partial charge in [-0.05, 0) is 74.6 Å². The van der Waals surface area contributed by atoms with Crippen molar-refractivity contribution in [2.45, 2.75) is 48.4 Å². The standard InChI is InChI=1S/C21H28N2O5S2/c1-17(5-6-18-7-9-19(28-2)10-8-18)22-29(24,25)20-11-13-21(14-12-20)30(26,27)23-15-3-4-16-23/h7-14,17,22H,3-6,15-16H2,1-2H3. The van der Waals surface area contributed by atoms with Gasteiger partial charge in [0.05, 0.1) is 16.9 Å². The van der Waals surface area contributed by atoms with Gasteiger partial charge in [-0.1, -0.05) is 12.1 Å². The second-order valence-corrected chi connectivity index (χ2v) is 11.1. The summed E-state index contributed by atoms with van der Waals surface area (Å²) in [7, 11) is -5.68. The quantitative estimate of drug-likeness (QED) is 0.632. The first-order chi connectivity index (χ1) is 14.2. The van der Waals surface area contributed by atoms with Crippen molar-refractivity contribution in [2.24, 2.45) is 0 Å². The van der Waals surface area contributed by atoms with E-state index in [1.807, 2.05) is 31.2 Å². The van der Waals surface area contributed by atoms with Crippen molar-refractivity contribution >= 4 is 20.0 Å². The number of aryl methyl sites for hydroxylation is 1. The van der Waals surface area contributed by atoms with Gasteiger partial charge in [0.25, 0.3) is 0 Å². The fraction of sp³-hybridized carbons (Fsp3) is 0.429. The Morgan fingerprint density at radius 2 is 1.50 bits per heavy atom. The third-order valence-electron chi connectivity index (χ3n) is 5.22. The number of ether oxygens (including phenoxy) is 1. The second kappa shape index (κ2) is 9.47. The maximum absolute atomic E-state index is 12.7. The van der Waals surface area contributed by atoms with Gasteiger partial charge in [-0.25, -0.2) is 21.6 Å². The number of rotatable bonds is 9. The molecule has 0 radical (unpaired) electrons. The number of sulfonamides is 2. The van der Waals surface area contributed by atoms with Gasteiger partial charge < -0.3 is 4.74 Å². The Hall–Kier alpha value is -1.94. The fourth-order valence-corrected chi connectivity index (χ4v) is 6.23. The van der Waals surface area contributed by atoms with Crippen molar-refractivity contribution in [3.8, 4) is 5.75 Å². The molecule has 1 heterocycles. The minimum atomic E-state index is -3.73. The molecule has 2 aromatic rings. The molecule has 9 heteroatoms. The average molecular weight is 453 g/mol. The van der Waals surface area contributed by atoms with E-state index in [0.717, 1.165) is 30.6 Å². The fourth-order valence-electron chi connectivity index (χ4n) is 3.44. The van der Waals surface area contributed by atoms with Crippen molar-refractivity contribution in [1.82, 2.24) is 9.03 Å². The van der Waals surface area contributed by atoms with Crippen LogP contribution in [0.5, 0.6) is 5.75 Å². The number of methoxy groups -OCH3 is 1. The summed E-state index contributed by atoms with van der Waals surface area (Å²) in [6, 6.07) is 12.8. The average Bonchev–Trinajstić information content (AvgIpc) is 3.28. The molecule has 164 valence electrons. The van der Waals surface area contributed by atoms with Gasteiger partial charge >= 0.3 is 0 Å². The Kier molecular flexibility index (Phi) is 7.18. The van der Waals surface area contributed by atoms with Crippen LogP contribution in [0.3, 0.4) is 0 Å². The molecule has 0 spiro atoms. The monoisotopic (exact) mass is 452 g/mol. The molecule has 2 aromatic carbocycles. The number of hydrogen-bond acceptors (Lipinski definition) is 5. The maximum Gasteiger partial charge on any atom is 0.243 e. The number of nitrogens with one attached hydrogen (secondary N) is 1. The van der Waals surface area contributed by atoms with Gasteiger partial charge in [0.15, 0.2) is 0 Å². The molecule has 0 aromatic heterocycles. The van der Waals surface area contributed by atoms with E-state index in [1.54, 1.807) is 7.11 Å². The zero-order valence-corrected chi connectivity index (χ0v) is 18.9. The lowest BCUT2D eigenvalue weighted by molar-refractivity contribution is 0.414. The molecule has 0 bridgehead atoms. The summed E-state index contributed by atoms with van der Waals surface area (Å²) >= 11 is 0. The highest BCUT2D eigenvalue weighted by Gasteiger charge is 2.27. The molecular weight excluding hydrogens is 424 g/mol. The Morgan fingerprint density at radius 3 is 2.07 bits per heavy atom. The molecule has 1 aliphatic rings. The van der Waals surface area contributed by atoms with Gasteiger partial charge in [0, 0.05) is 19.1 Å². The zero-order valence-electron chi connectivity index (χ0n) is 17.2. The Balaban J connectivity index is 1.61. The Labute approximate surface area is 179 Å². The summed E-state index contributed by atoms with van der Waals surface area (Å²) in [4.78, 5) is 0.176. The first-order valence-corrected chi connectivity index (χ1v) is 12.9. The minimum Gasteiger partial charge on any atom is -0.497 e. The van der Waals surface area contributed by atoms with E-state index in [-0.39, 0.29) is 15.8 Å². The van der Waals surface area contributed by atoms with Crippen LogP contribution in [0.15, 0.2) is 58.3 Å². The lowest BCUT2D eigenvalue weighted by Crippen LogP contribution is -2.33. The number of nitrogens with zero attached hydrogens (tertiary/aromatic N) is 1. The first-order valence-electron chi connectivity index (χ1n) is 9.98. The number of hydrogen-bond donors (Lipinski definition) is 1. The minimum absolute atomic E-state index is 0.0548. The van der Waals surface area contributed by atoms with Crippen LogP contribution >= 0.6 is 0 Å². The molecule has 3 rings (SSSR count). The van der Waals surface area contributed by atoms with E-state index in [1.165, 1.54) is 28.6 Å². The van der Waals surface area contributed by atoms with Crippen LogP contribution in [-0.4, -0.2) is 47.4 Å². The van der Waals surface area contributed by atoms with E-state index in [0.29, 0.717) is 19.5 Å². The van der Waals surface area contributed by atoms with Crippen LogP contribution in [0.4, 0.5) is 0 Å². The second-order valence-electron chi connectivity index (χ2n) is 7.49. The van der Waals surface area contributed by atoms with Crippen LogP contribution < -0.4 is 9.46 Å². The first kappa shape index (κ1) is 22.7. The molecule has 1 fully saturated rings.